The van der Waals surface area contributed by atoms with Crippen LogP contribution in [0.25, 0.3) is 0 Å². The molecule has 0 aliphatic carbocycles. The summed E-state index contributed by atoms with van der Waals surface area (Å²) in [6.07, 6.45) is 1.41. The standard InChI is InChI=1S/C10H14N6O2S/c1-12-19(17,18)7-2-3-9(8(11)4-7)13-5-10-14-6-15-16-10/h2-4,6,12-13H,5,11H2,1H3,(H,14,15,16). The highest BCUT2D eigenvalue weighted by molar-refractivity contribution is 7.89. The van der Waals surface area contributed by atoms with Crippen molar-refractivity contribution in [3.63, 3.8) is 0 Å². The van der Waals surface area contributed by atoms with Crippen molar-refractivity contribution in [2.24, 2.45) is 0 Å². The first-order valence-corrected chi connectivity index (χ1v) is 6.92. The molecule has 1 aromatic heterocycles. The van der Waals surface area contributed by atoms with E-state index in [-0.39, 0.29) is 4.90 Å². The van der Waals surface area contributed by atoms with Crippen LogP contribution in [-0.2, 0) is 16.6 Å². The normalized spacial score (nSPS) is 11.4. The number of nitrogens with one attached hydrogen (secondary N) is 3. The van der Waals surface area contributed by atoms with E-state index in [1.54, 1.807) is 6.07 Å². The van der Waals surface area contributed by atoms with E-state index in [0.29, 0.717) is 23.7 Å². The summed E-state index contributed by atoms with van der Waals surface area (Å²) in [5.41, 5.74) is 6.79. The quantitative estimate of drug-likeness (QED) is 0.568. The van der Waals surface area contributed by atoms with Crippen molar-refractivity contribution in [3.8, 4) is 0 Å². The summed E-state index contributed by atoms with van der Waals surface area (Å²) in [6.45, 7) is 0.419. The highest BCUT2D eigenvalue weighted by Crippen LogP contribution is 2.22. The predicted molar refractivity (Wildman–Crippen MR) is 70.8 cm³/mol. The van der Waals surface area contributed by atoms with Crippen molar-refractivity contribution in [1.82, 2.24) is 19.9 Å². The number of aromatic amines is 1. The van der Waals surface area contributed by atoms with Crippen molar-refractivity contribution >= 4 is 21.4 Å². The van der Waals surface area contributed by atoms with Gasteiger partial charge >= 0.3 is 0 Å². The average molecular weight is 282 g/mol. The van der Waals surface area contributed by atoms with Gasteiger partial charge in [0.25, 0.3) is 0 Å². The molecule has 0 aliphatic heterocycles. The summed E-state index contributed by atoms with van der Waals surface area (Å²) >= 11 is 0. The summed E-state index contributed by atoms with van der Waals surface area (Å²) in [6, 6.07) is 4.48. The minimum atomic E-state index is -3.48. The summed E-state index contributed by atoms with van der Waals surface area (Å²) in [7, 11) is -2.13. The molecular formula is C10H14N6O2S. The van der Waals surface area contributed by atoms with Crippen LogP contribution in [0.3, 0.4) is 0 Å². The van der Waals surface area contributed by atoms with Crippen molar-refractivity contribution in [2.75, 3.05) is 18.1 Å². The smallest absolute Gasteiger partial charge is 0.240 e. The number of nitrogen functional groups attached to an aromatic ring is 1. The molecule has 5 N–H and O–H groups in total. The lowest BCUT2D eigenvalue weighted by molar-refractivity contribution is 0.588. The molecule has 0 radical (unpaired) electrons. The molecule has 9 heteroatoms. The minimum Gasteiger partial charge on any atom is -0.397 e. The second-order valence-electron chi connectivity index (χ2n) is 3.74. The van der Waals surface area contributed by atoms with E-state index in [2.05, 4.69) is 25.2 Å². The monoisotopic (exact) mass is 282 g/mol. The highest BCUT2D eigenvalue weighted by atomic mass is 32.2. The Morgan fingerprint density at radius 2 is 2.21 bits per heavy atom. The van der Waals surface area contributed by atoms with Gasteiger partial charge in [-0.2, -0.15) is 5.10 Å². The molecule has 0 aliphatic rings. The van der Waals surface area contributed by atoms with Crippen molar-refractivity contribution in [3.05, 3.63) is 30.4 Å². The Morgan fingerprint density at radius 3 is 2.79 bits per heavy atom. The third-order valence-electron chi connectivity index (χ3n) is 2.51. The van der Waals surface area contributed by atoms with E-state index in [1.807, 2.05) is 0 Å². The van der Waals surface area contributed by atoms with E-state index in [1.165, 1.54) is 25.5 Å². The van der Waals surface area contributed by atoms with E-state index >= 15 is 0 Å². The fraction of sp³-hybridized carbons (Fsp3) is 0.200. The Kier molecular flexibility index (Phi) is 3.67. The van der Waals surface area contributed by atoms with Gasteiger partial charge in [-0.3, -0.25) is 5.10 Å². The van der Waals surface area contributed by atoms with Gasteiger partial charge in [0.1, 0.15) is 12.2 Å². The molecule has 0 atom stereocenters. The van der Waals surface area contributed by atoms with E-state index in [0.717, 1.165) is 0 Å². The molecule has 8 nitrogen and oxygen atoms in total. The van der Waals surface area contributed by atoms with Gasteiger partial charge in [0.15, 0.2) is 0 Å². The summed E-state index contributed by atoms with van der Waals surface area (Å²) in [4.78, 5) is 4.08. The minimum absolute atomic E-state index is 0.123. The lowest BCUT2D eigenvalue weighted by Crippen LogP contribution is -2.18. The largest absolute Gasteiger partial charge is 0.397 e. The Bertz CT molecular complexity index is 653. The molecule has 2 aromatic rings. The number of sulfonamides is 1. The lowest BCUT2D eigenvalue weighted by Gasteiger charge is -2.10. The van der Waals surface area contributed by atoms with Crippen LogP contribution < -0.4 is 15.8 Å². The third kappa shape index (κ3) is 3.01. The maximum absolute atomic E-state index is 11.6. The third-order valence-corrected chi connectivity index (χ3v) is 3.93. The Morgan fingerprint density at radius 1 is 1.42 bits per heavy atom. The number of aromatic nitrogens is 3. The van der Waals surface area contributed by atoms with E-state index in [9.17, 15) is 8.42 Å². The van der Waals surface area contributed by atoms with Crippen LogP contribution in [0.1, 0.15) is 5.82 Å². The van der Waals surface area contributed by atoms with Crippen molar-refractivity contribution < 1.29 is 8.42 Å². The Hall–Kier alpha value is -2.13. The van der Waals surface area contributed by atoms with Gasteiger partial charge in [0.05, 0.1) is 22.8 Å². The SMILES string of the molecule is CNS(=O)(=O)c1ccc(NCc2ncn[nH]2)c(N)c1. The number of benzene rings is 1. The first-order valence-electron chi connectivity index (χ1n) is 5.44. The lowest BCUT2D eigenvalue weighted by atomic mass is 10.2. The average Bonchev–Trinajstić information content (AvgIpc) is 2.90. The number of hydrogen-bond donors (Lipinski definition) is 4. The summed E-state index contributed by atoms with van der Waals surface area (Å²) in [5, 5.41) is 9.46. The molecule has 0 saturated carbocycles. The zero-order valence-corrected chi connectivity index (χ0v) is 11.0. The first kappa shape index (κ1) is 13.3. The van der Waals surface area contributed by atoms with Gasteiger partial charge in [-0.1, -0.05) is 0 Å². The summed E-state index contributed by atoms with van der Waals surface area (Å²) < 4.78 is 25.4. The van der Waals surface area contributed by atoms with Gasteiger partial charge in [-0.15, -0.1) is 0 Å². The molecule has 19 heavy (non-hydrogen) atoms. The first-order chi connectivity index (χ1) is 9.03. The molecule has 0 fully saturated rings. The zero-order chi connectivity index (χ0) is 13.9. The van der Waals surface area contributed by atoms with Gasteiger partial charge in [0, 0.05) is 0 Å². The highest BCUT2D eigenvalue weighted by Gasteiger charge is 2.12. The number of rotatable bonds is 5. The van der Waals surface area contributed by atoms with E-state index < -0.39 is 10.0 Å². The Labute approximate surface area is 110 Å². The van der Waals surface area contributed by atoms with E-state index in [4.69, 9.17) is 5.73 Å². The van der Waals surface area contributed by atoms with Gasteiger partial charge < -0.3 is 11.1 Å². The molecule has 0 saturated heterocycles. The van der Waals surface area contributed by atoms with Crippen LogP contribution in [-0.4, -0.2) is 30.6 Å². The second kappa shape index (κ2) is 5.24. The molecule has 0 spiro atoms. The number of hydrogen-bond acceptors (Lipinski definition) is 6. The maximum atomic E-state index is 11.6. The number of nitrogens with two attached hydrogens (primary N) is 1. The van der Waals surface area contributed by atoms with Crippen LogP contribution in [0.2, 0.25) is 0 Å². The summed E-state index contributed by atoms with van der Waals surface area (Å²) in [5.74, 6) is 0.659. The van der Waals surface area contributed by atoms with Gasteiger partial charge in [-0.25, -0.2) is 18.1 Å². The molecule has 0 bridgehead atoms. The predicted octanol–water partition coefficient (Wildman–Crippen LogP) is -0.0929. The fourth-order valence-corrected chi connectivity index (χ4v) is 2.25. The molecular weight excluding hydrogens is 268 g/mol. The molecule has 0 unspecified atom stereocenters. The van der Waals surface area contributed by atoms with Gasteiger partial charge in [-0.05, 0) is 25.2 Å². The van der Waals surface area contributed by atoms with Crippen LogP contribution >= 0.6 is 0 Å². The molecule has 2 rings (SSSR count). The number of anilines is 2. The topological polar surface area (TPSA) is 126 Å². The zero-order valence-electron chi connectivity index (χ0n) is 10.2. The molecule has 102 valence electrons. The number of nitrogens with zero attached hydrogens (tertiary/aromatic N) is 2. The van der Waals surface area contributed by atoms with Crippen molar-refractivity contribution in [2.45, 2.75) is 11.4 Å². The molecule has 1 heterocycles. The number of H-pyrrole nitrogens is 1. The van der Waals surface area contributed by atoms with Crippen LogP contribution in [0.4, 0.5) is 11.4 Å². The second-order valence-corrected chi connectivity index (χ2v) is 5.63. The van der Waals surface area contributed by atoms with Gasteiger partial charge in [0.2, 0.25) is 10.0 Å². The van der Waals surface area contributed by atoms with Crippen LogP contribution in [0.15, 0.2) is 29.4 Å². The molecule has 1 aromatic carbocycles. The fourth-order valence-electron chi connectivity index (χ4n) is 1.48. The maximum Gasteiger partial charge on any atom is 0.240 e. The Balaban J connectivity index is 2.16. The molecule has 0 amide bonds. The van der Waals surface area contributed by atoms with Crippen LogP contribution in [0.5, 0.6) is 0 Å². The van der Waals surface area contributed by atoms with Crippen LogP contribution in [0, 0.1) is 0 Å². The van der Waals surface area contributed by atoms with Crippen molar-refractivity contribution in [1.29, 1.82) is 0 Å².